The zero-order chi connectivity index (χ0) is 13.0. The van der Waals surface area contributed by atoms with Crippen molar-refractivity contribution in [1.82, 2.24) is 15.0 Å². The van der Waals surface area contributed by atoms with Gasteiger partial charge in [-0.25, -0.2) is 15.0 Å². The lowest BCUT2D eigenvalue weighted by Gasteiger charge is -2.13. The summed E-state index contributed by atoms with van der Waals surface area (Å²) in [6.45, 7) is 4.04. The standard InChI is InChI=1S/C12H16N6/c1-8(2)17-11-10(13)12(16-7-15-11)18-9-5-3-4-6-14-9/h3-8H,13H2,1-2H3,(H2,14,15,16,17,18). The Labute approximate surface area is 106 Å². The Morgan fingerprint density at radius 2 is 1.89 bits per heavy atom. The van der Waals surface area contributed by atoms with E-state index in [1.165, 1.54) is 6.33 Å². The van der Waals surface area contributed by atoms with Crippen LogP contribution in [0, 0.1) is 0 Å². The lowest BCUT2D eigenvalue weighted by atomic mass is 10.3. The van der Waals surface area contributed by atoms with E-state index in [2.05, 4.69) is 25.6 Å². The zero-order valence-electron chi connectivity index (χ0n) is 10.4. The Balaban J connectivity index is 2.23. The van der Waals surface area contributed by atoms with Crippen LogP contribution in [-0.4, -0.2) is 21.0 Å². The summed E-state index contributed by atoms with van der Waals surface area (Å²) in [6, 6.07) is 5.84. The van der Waals surface area contributed by atoms with Gasteiger partial charge < -0.3 is 16.4 Å². The molecule has 0 unspecified atom stereocenters. The SMILES string of the molecule is CC(C)Nc1ncnc(Nc2ccccn2)c1N. The number of hydrogen-bond donors (Lipinski definition) is 3. The van der Waals surface area contributed by atoms with Gasteiger partial charge in [0, 0.05) is 12.2 Å². The molecule has 94 valence electrons. The Morgan fingerprint density at radius 1 is 1.11 bits per heavy atom. The number of nitrogens with one attached hydrogen (secondary N) is 2. The summed E-state index contributed by atoms with van der Waals surface area (Å²) in [5, 5.41) is 6.22. The van der Waals surface area contributed by atoms with Crippen LogP contribution in [0.1, 0.15) is 13.8 Å². The van der Waals surface area contributed by atoms with E-state index in [0.29, 0.717) is 23.1 Å². The lowest BCUT2D eigenvalue weighted by molar-refractivity contribution is 0.887. The predicted molar refractivity (Wildman–Crippen MR) is 72.7 cm³/mol. The monoisotopic (exact) mass is 244 g/mol. The van der Waals surface area contributed by atoms with E-state index in [0.717, 1.165) is 0 Å². The molecule has 0 atom stereocenters. The fourth-order valence-electron chi connectivity index (χ4n) is 1.44. The second-order valence-electron chi connectivity index (χ2n) is 4.12. The van der Waals surface area contributed by atoms with Gasteiger partial charge in [-0.3, -0.25) is 0 Å². The van der Waals surface area contributed by atoms with Gasteiger partial charge in [-0.05, 0) is 26.0 Å². The molecule has 0 aliphatic rings. The Hall–Kier alpha value is -2.37. The van der Waals surface area contributed by atoms with Gasteiger partial charge in [-0.1, -0.05) is 6.07 Å². The maximum Gasteiger partial charge on any atom is 0.160 e. The molecule has 4 N–H and O–H groups in total. The number of nitrogens with two attached hydrogens (primary N) is 1. The first-order valence-electron chi connectivity index (χ1n) is 5.72. The van der Waals surface area contributed by atoms with Gasteiger partial charge in [-0.15, -0.1) is 0 Å². The number of anilines is 4. The van der Waals surface area contributed by atoms with Gasteiger partial charge in [-0.2, -0.15) is 0 Å². The highest BCUT2D eigenvalue weighted by Crippen LogP contribution is 2.25. The summed E-state index contributed by atoms with van der Waals surface area (Å²) in [5.74, 6) is 1.86. The van der Waals surface area contributed by atoms with Crippen molar-refractivity contribution in [2.45, 2.75) is 19.9 Å². The third-order valence-corrected chi connectivity index (χ3v) is 2.22. The Kier molecular flexibility index (Phi) is 3.57. The van der Waals surface area contributed by atoms with Crippen molar-refractivity contribution >= 4 is 23.1 Å². The molecule has 0 amide bonds. The molecule has 0 saturated carbocycles. The van der Waals surface area contributed by atoms with Crippen LogP contribution in [0.4, 0.5) is 23.1 Å². The normalized spacial score (nSPS) is 10.4. The Morgan fingerprint density at radius 3 is 2.56 bits per heavy atom. The van der Waals surface area contributed by atoms with E-state index in [4.69, 9.17) is 5.73 Å². The number of hydrogen-bond acceptors (Lipinski definition) is 6. The average Bonchev–Trinajstić information content (AvgIpc) is 2.35. The smallest absolute Gasteiger partial charge is 0.160 e. The van der Waals surface area contributed by atoms with Crippen molar-refractivity contribution in [2.75, 3.05) is 16.4 Å². The van der Waals surface area contributed by atoms with Gasteiger partial charge in [0.15, 0.2) is 11.6 Å². The molecule has 0 spiro atoms. The van der Waals surface area contributed by atoms with Gasteiger partial charge in [0.05, 0.1) is 0 Å². The molecule has 2 aromatic rings. The van der Waals surface area contributed by atoms with Crippen molar-refractivity contribution < 1.29 is 0 Å². The van der Waals surface area contributed by atoms with Crippen molar-refractivity contribution in [3.8, 4) is 0 Å². The van der Waals surface area contributed by atoms with Crippen LogP contribution >= 0.6 is 0 Å². The van der Waals surface area contributed by atoms with Crippen LogP contribution in [0.3, 0.4) is 0 Å². The maximum atomic E-state index is 6.00. The maximum absolute atomic E-state index is 6.00. The van der Waals surface area contributed by atoms with E-state index in [-0.39, 0.29) is 6.04 Å². The molecule has 6 heteroatoms. The van der Waals surface area contributed by atoms with Crippen LogP contribution in [0.5, 0.6) is 0 Å². The summed E-state index contributed by atoms with van der Waals surface area (Å²) in [7, 11) is 0. The molecular weight excluding hydrogens is 228 g/mol. The molecular formula is C12H16N6. The second kappa shape index (κ2) is 5.31. The molecule has 2 heterocycles. The van der Waals surface area contributed by atoms with Gasteiger partial charge in [0.1, 0.15) is 17.8 Å². The number of rotatable bonds is 4. The number of nitrogen functional groups attached to an aromatic ring is 1. The summed E-state index contributed by atoms with van der Waals surface area (Å²) < 4.78 is 0. The first-order chi connectivity index (χ1) is 8.66. The highest BCUT2D eigenvalue weighted by Gasteiger charge is 2.09. The van der Waals surface area contributed by atoms with E-state index in [9.17, 15) is 0 Å². The molecule has 0 aliphatic heterocycles. The molecule has 2 aromatic heterocycles. The van der Waals surface area contributed by atoms with Crippen LogP contribution in [-0.2, 0) is 0 Å². The number of pyridine rings is 1. The summed E-state index contributed by atoms with van der Waals surface area (Å²) in [4.78, 5) is 12.4. The van der Waals surface area contributed by atoms with Crippen molar-refractivity contribution in [1.29, 1.82) is 0 Å². The minimum absolute atomic E-state index is 0.255. The molecule has 0 bridgehead atoms. The highest BCUT2D eigenvalue weighted by atomic mass is 15.1. The fraction of sp³-hybridized carbons (Fsp3) is 0.250. The van der Waals surface area contributed by atoms with Crippen LogP contribution in [0.25, 0.3) is 0 Å². The number of nitrogens with zero attached hydrogens (tertiary/aromatic N) is 3. The third kappa shape index (κ3) is 2.85. The quantitative estimate of drug-likeness (QED) is 0.762. The molecule has 0 aromatic carbocycles. The van der Waals surface area contributed by atoms with Gasteiger partial charge in [0.2, 0.25) is 0 Å². The molecule has 0 aliphatic carbocycles. The average molecular weight is 244 g/mol. The zero-order valence-corrected chi connectivity index (χ0v) is 10.4. The van der Waals surface area contributed by atoms with Crippen molar-refractivity contribution in [2.24, 2.45) is 0 Å². The molecule has 0 fully saturated rings. The summed E-state index contributed by atoms with van der Waals surface area (Å²) >= 11 is 0. The topological polar surface area (TPSA) is 88.8 Å². The van der Waals surface area contributed by atoms with Crippen LogP contribution in [0.15, 0.2) is 30.7 Å². The van der Waals surface area contributed by atoms with Gasteiger partial charge in [0.25, 0.3) is 0 Å². The van der Waals surface area contributed by atoms with E-state index in [1.54, 1.807) is 6.20 Å². The van der Waals surface area contributed by atoms with E-state index < -0.39 is 0 Å². The number of aromatic nitrogens is 3. The van der Waals surface area contributed by atoms with Crippen molar-refractivity contribution in [3.63, 3.8) is 0 Å². The molecule has 0 saturated heterocycles. The minimum Gasteiger partial charge on any atom is -0.393 e. The minimum atomic E-state index is 0.255. The van der Waals surface area contributed by atoms with Crippen LogP contribution < -0.4 is 16.4 Å². The van der Waals surface area contributed by atoms with Crippen LogP contribution in [0.2, 0.25) is 0 Å². The highest BCUT2D eigenvalue weighted by molar-refractivity contribution is 5.76. The second-order valence-corrected chi connectivity index (χ2v) is 4.12. The van der Waals surface area contributed by atoms with Crippen molar-refractivity contribution in [3.05, 3.63) is 30.7 Å². The lowest BCUT2D eigenvalue weighted by Crippen LogP contribution is -2.14. The van der Waals surface area contributed by atoms with E-state index >= 15 is 0 Å². The summed E-state index contributed by atoms with van der Waals surface area (Å²) in [5.41, 5.74) is 6.48. The largest absolute Gasteiger partial charge is 0.393 e. The molecule has 2 rings (SSSR count). The summed E-state index contributed by atoms with van der Waals surface area (Å²) in [6.07, 6.45) is 3.17. The fourth-order valence-corrected chi connectivity index (χ4v) is 1.44. The first kappa shape index (κ1) is 12.1. The third-order valence-electron chi connectivity index (χ3n) is 2.22. The van der Waals surface area contributed by atoms with E-state index in [1.807, 2.05) is 32.0 Å². The molecule has 18 heavy (non-hydrogen) atoms. The molecule has 0 radical (unpaired) electrons. The van der Waals surface area contributed by atoms with Gasteiger partial charge >= 0.3 is 0 Å². The Bertz CT molecular complexity index is 511. The predicted octanol–water partition coefficient (Wildman–Crippen LogP) is 2.02. The molecule has 6 nitrogen and oxygen atoms in total. The first-order valence-corrected chi connectivity index (χ1v) is 5.72.